The molecule has 1 aliphatic heterocycles. The highest BCUT2D eigenvalue weighted by molar-refractivity contribution is 5.77. The van der Waals surface area contributed by atoms with Crippen molar-refractivity contribution in [3.63, 3.8) is 0 Å². The average molecular weight is 321 g/mol. The summed E-state index contributed by atoms with van der Waals surface area (Å²) in [6.45, 7) is 10.7. The van der Waals surface area contributed by atoms with Gasteiger partial charge < -0.3 is 10.6 Å². The molecule has 2 unspecified atom stereocenters. The molecule has 0 spiro atoms. The van der Waals surface area contributed by atoms with Crippen molar-refractivity contribution in [2.75, 3.05) is 19.6 Å². The second-order valence-corrected chi connectivity index (χ2v) is 7.42. The van der Waals surface area contributed by atoms with Gasteiger partial charge in [-0.25, -0.2) is 4.39 Å². The Balaban J connectivity index is 2.17. The smallest absolute Gasteiger partial charge is 0.222 e. The summed E-state index contributed by atoms with van der Waals surface area (Å²) in [5.41, 5.74) is 0.741. The Morgan fingerprint density at radius 2 is 2.04 bits per heavy atom. The minimum absolute atomic E-state index is 0.0255. The summed E-state index contributed by atoms with van der Waals surface area (Å²) in [7, 11) is 0. The molecule has 0 aromatic heterocycles. The number of nitrogens with one attached hydrogen (secondary N) is 2. The molecule has 5 heteroatoms. The SMILES string of the molecule is CC1CN(C(CC(=O)NC(C)(C)C)c2ccc(F)cc2)CCN1. The number of piperazine rings is 1. The van der Waals surface area contributed by atoms with Crippen LogP contribution in [0.15, 0.2) is 24.3 Å². The maximum absolute atomic E-state index is 13.2. The van der Waals surface area contributed by atoms with Gasteiger partial charge in [-0.3, -0.25) is 9.69 Å². The van der Waals surface area contributed by atoms with E-state index < -0.39 is 0 Å². The lowest BCUT2D eigenvalue weighted by molar-refractivity contribution is -0.124. The fourth-order valence-corrected chi connectivity index (χ4v) is 3.03. The summed E-state index contributed by atoms with van der Waals surface area (Å²) in [4.78, 5) is 14.7. The Morgan fingerprint density at radius 3 is 2.61 bits per heavy atom. The van der Waals surface area contributed by atoms with Crippen LogP contribution in [-0.2, 0) is 4.79 Å². The van der Waals surface area contributed by atoms with Crippen LogP contribution in [0.25, 0.3) is 0 Å². The van der Waals surface area contributed by atoms with Gasteiger partial charge in [0.15, 0.2) is 0 Å². The third kappa shape index (κ3) is 5.59. The number of carbonyl (C=O) groups is 1. The first-order valence-electron chi connectivity index (χ1n) is 8.28. The molecule has 1 aromatic carbocycles. The van der Waals surface area contributed by atoms with Gasteiger partial charge in [-0.15, -0.1) is 0 Å². The largest absolute Gasteiger partial charge is 0.351 e. The van der Waals surface area contributed by atoms with Gasteiger partial charge in [0.25, 0.3) is 0 Å². The zero-order chi connectivity index (χ0) is 17.0. The molecule has 1 fully saturated rings. The van der Waals surface area contributed by atoms with E-state index in [1.165, 1.54) is 12.1 Å². The van der Waals surface area contributed by atoms with E-state index >= 15 is 0 Å². The van der Waals surface area contributed by atoms with E-state index in [2.05, 4.69) is 22.5 Å². The van der Waals surface area contributed by atoms with E-state index in [0.717, 1.165) is 25.2 Å². The van der Waals surface area contributed by atoms with Crippen molar-refractivity contribution in [1.29, 1.82) is 0 Å². The fourth-order valence-electron chi connectivity index (χ4n) is 3.03. The standard InChI is InChI=1S/C18H28FN3O/c1-13-12-22(10-9-20-13)16(11-17(23)21-18(2,3)4)14-5-7-15(19)8-6-14/h5-8,13,16,20H,9-12H2,1-4H3,(H,21,23). The van der Waals surface area contributed by atoms with Crippen molar-refractivity contribution in [3.05, 3.63) is 35.6 Å². The van der Waals surface area contributed by atoms with Gasteiger partial charge in [0, 0.05) is 43.7 Å². The molecule has 1 aromatic rings. The number of rotatable bonds is 4. The molecule has 0 saturated carbocycles. The first-order chi connectivity index (χ1) is 10.7. The Morgan fingerprint density at radius 1 is 1.39 bits per heavy atom. The fraction of sp³-hybridized carbons (Fsp3) is 0.611. The van der Waals surface area contributed by atoms with E-state index in [1.54, 1.807) is 12.1 Å². The van der Waals surface area contributed by atoms with E-state index in [4.69, 9.17) is 0 Å². The highest BCUT2D eigenvalue weighted by atomic mass is 19.1. The molecule has 128 valence electrons. The van der Waals surface area contributed by atoms with Crippen LogP contribution in [-0.4, -0.2) is 42.0 Å². The number of carbonyl (C=O) groups excluding carboxylic acids is 1. The Hall–Kier alpha value is -1.46. The van der Waals surface area contributed by atoms with Gasteiger partial charge in [-0.2, -0.15) is 0 Å². The summed E-state index contributed by atoms with van der Waals surface area (Å²) in [5.74, 6) is -0.224. The summed E-state index contributed by atoms with van der Waals surface area (Å²) in [6, 6.07) is 6.87. The predicted molar refractivity (Wildman–Crippen MR) is 90.7 cm³/mol. The Labute approximate surface area is 138 Å². The van der Waals surface area contributed by atoms with Gasteiger partial charge in [0.2, 0.25) is 5.91 Å². The van der Waals surface area contributed by atoms with Gasteiger partial charge >= 0.3 is 0 Å². The molecule has 0 bridgehead atoms. The molecule has 0 aliphatic carbocycles. The van der Waals surface area contributed by atoms with Crippen LogP contribution in [0.1, 0.15) is 45.7 Å². The highest BCUT2D eigenvalue weighted by Crippen LogP contribution is 2.26. The van der Waals surface area contributed by atoms with E-state index in [-0.39, 0.29) is 23.3 Å². The van der Waals surface area contributed by atoms with Crippen LogP contribution < -0.4 is 10.6 Å². The molecule has 1 amide bonds. The average Bonchev–Trinajstić information content (AvgIpc) is 2.44. The molecule has 23 heavy (non-hydrogen) atoms. The van der Waals surface area contributed by atoms with E-state index in [9.17, 15) is 9.18 Å². The number of hydrogen-bond donors (Lipinski definition) is 2. The number of nitrogens with zero attached hydrogens (tertiary/aromatic N) is 1. The van der Waals surface area contributed by atoms with Crippen LogP contribution in [0.5, 0.6) is 0 Å². The molecule has 4 nitrogen and oxygen atoms in total. The second kappa shape index (κ2) is 7.41. The molecule has 1 heterocycles. The van der Waals surface area contributed by atoms with Crippen molar-refractivity contribution in [3.8, 4) is 0 Å². The quantitative estimate of drug-likeness (QED) is 0.895. The molecule has 1 saturated heterocycles. The lowest BCUT2D eigenvalue weighted by atomic mass is 9.99. The summed E-state index contributed by atoms with van der Waals surface area (Å²) in [6.07, 6.45) is 0.385. The predicted octanol–water partition coefficient (Wildman–Crippen LogP) is 2.47. The third-order valence-corrected chi connectivity index (χ3v) is 3.99. The zero-order valence-corrected chi connectivity index (χ0v) is 14.5. The van der Waals surface area contributed by atoms with Gasteiger partial charge in [0.1, 0.15) is 5.82 Å². The lowest BCUT2D eigenvalue weighted by Crippen LogP contribution is -2.51. The van der Waals surface area contributed by atoms with Crippen molar-refractivity contribution < 1.29 is 9.18 Å². The van der Waals surface area contributed by atoms with Crippen molar-refractivity contribution >= 4 is 5.91 Å². The Kier molecular flexibility index (Phi) is 5.76. The summed E-state index contributed by atoms with van der Waals surface area (Å²) in [5, 5.41) is 6.44. The Bertz CT molecular complexity index is 524. The maximum atomic E-state index is 13.2. The molecule has 2 rings (SSSR count). The minimum Gasteiger partial charge on any atom is -0.351 e. The van der Waals surface area contributed by atoms with Gasteiger partial charge in [-0.05, 0) is 45.4 Å². The molecular formula is C18H28FN3O. The van der Waals surface area contributed by atoms with Crippen LogP contribution in [0.4, 0.5) is 4.39 Å². The topological polar surface area (TPSA) is 44.4 Å². The maximum Gasteiger partial charge on any atom is 0.222 e. The first-order valence-corrected chi connectivity index (χ1v) is 8.28. The van der Waals surface area contributed by atoms with Crippen LogP contribution >= 0.6 is 0 Å². The number of amides is 1. The van der Waals surface area contributed by atoms with Crippen molar-refractivity contribution in [1.82, 2.24) is 15.5 Å². The second-order valence-electron chi connectivity index (χ2n) is 7.42. The molecule has 1 aliphatic rings. The van der Waals surface area contributed by atoms with Crippen LogP contribution in [0.3, 0.4) is 0 Å². The molecule has 2 atom stereocenters. The number of halogens is 1. The number of hydrogen-bond acceptors (Lipinski definition) is 3. The van der Waals surface area contributed by atoms with E-state index in [0.29, 0.717) is 12.5 Å². The van der Waals surface area contributed by atoms with E-state index in [1.807, 2.05) is 20.8 Å². The molecular weight excluding hydrogens is 293 g/mol. The normalized spacial score (nSPS) is 21.0. The minimum atomic E-state index is -0.250. The molecule has 0 radical (unpaired) electrons. The van der Waals surface area contributed by atoms with Crippen LogP contribution in [0.2, 0.25) is 0 Å². The highest BCUT2D eigenvalue weighted by Gasteiger charge is 2.28. The van der Waals surface area contributed by atoms with Gasteiger partial charge in [0.05, 0.1) is 0 Å². The van der Waals surface area contributed by atoms with Gasteiger partial charge in [-0.1, -0.05) is 12.1 Å². The van der Waals surface area contributed by atoms with Crippen molar-refractivity contribution in [2.24, 2.45) is 0 Å². The van der Waals surface area contributed by atoms with Crippen molar-refractivity contribution in [2.45, 2.75) is 51.7 Å². The van der Waals surface area contributed by atoms with Crippen LogP contribution in [0, 0.1) is 5.82 Å². The lowest BCUT2D eigenvalue weighted by Gasteiger charge is -2.38. The zero-order valence-electron chi connectivity index (χ0n) is 14.5. The first kappa shape index (κ1) is 17.9. The molecule has 2 N–H and O–H groups in total. The summed E-state index contributed by atoms with van der Waals surface area (Å²) >= 11 is 0. The third-order valence-electron chi connectivity index (χ3n) is 3.99. The number of benzene rings is 1. The summed E-state index contributed by atoms with van der Waals surface area (Å²) < 4.78 is 13.2. The monoisotopic (exact) mass is 321 g/mol.